The molecular weight excluding hydrogens is 274 g/mol. The molecule has 0 heterocycles. The van der Waals surface area contributed by atoms with Gasteiger partial charge in [0.1, 0.15) is 0 Å². The highest BCUT2D eigenvalue weighted by Gasteiger charge is 2.42. The Morgan fingerprint density at radius 3 is 2.50 bits per heavy atom. The van der Waals surface area contributed by atoms with Gasteiger partial charge in [-0.2, -0.15) is 4.99 Å². The Bertz CT molecular complexity index is 629. The lowest BCUT2D eigenvalue weighted by molar-refractivity contribution is 0.251. The highest BCUT2D eigenvalue weighted by atomic mass is 35.5. The minimum absolute atomic E-state index is 0.186. The maximum Gasteiger partial charge on any atom is 0.235 e. The molecule has 0 bridgehead atoms. The lowest BCUT2D eigenvalue weighted by atomic mass is 9.72. The monoisotopic (exact) mass is 285 g/mol. The molecule has 2 rings (SSSR count). The van der Waals surface area contributed by atoms with E-state index in [-0.39, 0.29) is 4.90 Å². The van der Waals surface area contributed by atoms with Crippen LogP contribution in [-0.4, -0.2) is 20.8 Å². The second-order valence-corrected chi connectivity index (χ2v) is 6.92. The zero-order valence-corrected chi connectivity index (χ0v) is 11.4. The molecule has 0 amide bonds. The lowest BCUT2D eigenvalue weighted by Gasteiger charge is -2.38. The number of carbonyl (C=O) groups excluding carboxylic acids is 1. The van der Waals surface area contributed by atoms with E-state index in [0.29, 0.717) is 23.4 Å². The van der Waals surface area contributed by atoms with E-state index in [2.05, 4.69) is 4.99 Å². The quantitative estimate of drug-likeness (QED) is 0.633. The van der Waals surface area contributed by atoms with Gasteiger partial charge in [0.25, 0.3) is 0 Å². The van der Waals surface area contributed by atoms with Crippen LogP contribution in [0.4, 0.5) is 0 Å². The summed E-state index contributed by atoms with van der Waals surface area (Å²) in [5, 5.41) is 0.435. The summed E-state index contributed by atoms with van der Waals surface area (Å²) >= 11 is 5.92. The Morgan fingerprint density at radius 2 is 2.06 bits per heavy atom. The third kappa shape index (κ3) is 2.21. The van der Waals surface area contributed by atoms with Crippen LogP contribution in [0.5, 0.6) is 0 Å². The minimum atomic E-state index is -3.38. The number of hydrogen-bond acceptors (Lipinski definition) is 4. The Hall–Kier alpha value is -1.16. The minimum Gasteiger partial charge on any atom is -0.224 e. The van der Waals surface area contributed by atoms with Crippen LogP contribution in [0.3, 0.4) is 0 Å². The van der Waals surface area contributed by atoms with E-state index in [4.69, 9.17) is 11.6 Å². The lowest BCUT2D eigenvalue weighted by Crippen LogP contribution is -2.33. The average molecular weight is 286 g/mol. The average Bonchev–Trinajstić information content (AvgIpc) is 2.21. The molecular formula is C12H12ClNO3S. The molecule has 0 aromatic heterocycles. The highest BCUT2D eigenvalue weighted by Crippen LogP contribution is 2.47. The maximum absolute atomic E-state index is 11.8. The summed E-state index contributed by atoms with van der Waals surface area (Å²) in [7, 11) is -3.38. The maximum atomic E-state index is 11.8. The summed E-state index contributed by atoms with van der Waals surface area (Å²) in [6.07, 6.45) is 4.87. The van der Waals surface area contributed by atoms with Crippen LogP contribution in [0.2, 0.25) is 5.02 Å². The Kier molecular flexibility index (Phi) is 3.32. The van der Waals surface area contributed by atoms with Crippen molar-refractivity contribution in [3.8, 4) is 0 Å². The smallest absolute Gasteiger partial charge is 0.224 e. The van der Waals surface area contributed by atoms with Gasteiger partial charge in [-0.1, -0.05) is 11.6 Å². The van der Waals surface area contributed by atoms with Gasteiger partial charge in [-0.3, -0.25) is 0 Å². The summed E-state index contributed by atoms with van der Waals surface area (Å²) in [6, 6.07) is 4.57. The van der Waals surface area contributed by atoms with Crippen LogP contribution in [0, 0.1) is 0 Å². The first-order valence-corrected chi connectivity index (χ1v) is 7.75. The number of sulfone groups is 1. The first kappa shape index (κ1) is 13.3. The van der Waals surface area contributed by atoms with Gasteiger partial charge in [0, 0.05) is 16.8 Å². The number of isocyanates is 1. The molecule has 4 nitrogen and oxygen atoms in total. The third-order valence-corrected chi connectivity index (χ3v) is 4.67. The van der Waals surface area contributed by atoms with E-state index in [1.807, 2.05) is 0 Å². The molecule has 1 aromatic carbocycles. The van der Waals surface area contributed by atoms with Gasteiger partial charge < -0.3 is 0 Å². The molecule has 1 aliphatic carbocycles. The van der Waals surface area contributed by atoms with Gasteiger partial charge in [-0.05, 0) is 37.5 Å². The summed E-state index contributed by atoms with van der Waals surface area (Å²) < 4.78 is 23.5. The molecule has 0 aliphatic heterocycles. The van der Waals surface area contributed by atoms with Gasteiger partial charge >= 0.3 is 0 Å². The van der Waals surface area contributed by atoms with Crippen molar-refractivity contribution in [3.05, 3.63) is 28.8 Å². The molecule has 1 aromatic rings. The molecule has 1 fully saturated rings. The molecule has 18 heavy (non-hydrogen) atoms. The molecule has 0 saturated heterocycles. The number of hydrogen-bond donors (Lipinski definition) is 0. The number of aliphatic imine (C=N–C) groups is 1. The first-order chi connectivity index (χ1) is 8.39. The largest absolute Gasteiger partial charge is 0.235 e. The van der Waals surface area contributed by atoms with Crippen molar-refractivity contribution in [2.45, 2.75) is 29.7 Å². The fourth-order valence-electron chi connectivity index (χ4n) is 2.23. The van der Waals surface area contributed by atoms with Crippen molar-refractivity contribution in [3.63, 3.8) is 0 Å². The standard InChI is InChI=1S/C12H12ClNO3S/c1-18(16,17)11-4-3-9(13)7-10(11)12(14-8-15)5-2-6-12/h3-4,7H,2,5-6H2,1H3. The normalized spacial score (nSPS) is 17.7. The zero-order valence-electron chi connectivity index (χ0n) is 9.81. The number of nitrogens with zero attached hydrogens (tertiary/aromatic N) is 1. The van der Waals surface area contributed by atoms with Crippen LogP contribution in [0.25, 0.3) is 0 Å². The zero-order chi connectivity index (χ0) is 13.4. The van der Waals surface area contributed by atoms with Crippen molar-refractivity contribution in [1.29, 1.82) is 0 Å². The van der Waals surface area contributed by atoms with Gasteiger partial charge in [0.2, 0.25) is 6.08 Å². The van der Waals surface area contributed by atoms with Crippen LogP contribution in [0.1, 0.15) is 24.8 Å². The van der Waals surface area contributed by atoms with Crippen molar-refractivity contribution >= 4 is 27.5 Å². The van der Waals surface area contributed by atoms with E-state index in [1.165, 1.54) is 12.1 Å². The number of benzene rings is 1. The van der Waals surface area contributed by atoms with E-state index in [9.17, 15) is 13.2 Å². The molecule has 0 atom stereocenters. The van der Waals surface area contributed by atoms with Crippen LogP contribution in [-0.2, 0) is 20.2 Å². The van der Waals surface area contributed by atoms with Crippen molar-refractivity contribution in [2.75, 3.05) is 6.26 Å². The second-order valence-electron chi connectivity index (χ2n) is 4.50. The van der Waals surface area contributed by atoms with Crippen molar-refractivity contribution in [2.24, 2.45) is 4.99 Å². The number of rotatable bonds is 3. The SMILES string of the molecule is CS(=O)(=O)c1ccc(Cl)cc1C1(N=C=O)CCC1. The van der Waals surface area contributed by atoms with Crippen molar-refractivity contribution in [1.82, 2.24) is 0 Å². The third-order valence-electron chi connectivity index (χ3n) is 3.28. The van der Waals surface area contributed by atoms with Gasteiger partial charge in [-0.25, -0.2) is 13.2 Å². The fraction of sp³-hybridized carbons (Fsp3) is 0.417. The van der Waals surface area contributed by atoms with E-state index in [1.54, 1.807) is 12.1 Å². The summed E-state index contributed by atoms with van der Waals surface area (Å²) in [5.41, 5.74) is -0.252. The molecule has 1 aliphatic rings. The Labute approximate surface area is 111 Å². The van der Waals surface area contributed by atoms with Gasteiger partial charge in [-0.15, -0.1) is 0 Å². The molecule has 0 unspecified atom stereocenters. The molecule has 1 saturated carbocycles. The molecule has 0 radical (unpaired) electrons. The van der Waals surface area contributed by atoms with E-state index < -0.39 is 15.4 Å². The predicted octanol–water partition coefficient (Wildman–Crippen LogP) is 2.46. The predicted molar refractivity (Wildman–Crippen MR) is 68.2 cm³/mol. The van der Waals surface area contributed by atoms with Gasteiger partial charge in [0.15, 0.2) is 9.84 Å². The topological polar surface area (TPSA) is 63.6 Å². The van der Waals surface area contributed by atoms with Crippen LogP contribution >= 0.6 is 11.6 Å². The molecule has 6 heteroatoms. The second kappa shape index (κ2) is 4.50. The van der Waals surface area contributed by atoms with Gasteiger partial charge in [0.05, 0.1) is 10.4 Å². The van der Waals surface area contributed by atoms with Crippen LogP contribution < -0.4 is 0 Å². The molecule has 96 valence electrons. The summed E-state index contributed by atoms with van der Waals surface area (Å²) in [6.45, 7) is 0. The first-order valence-electron chi connectivity index (χ1n) is 5.48. The van der Waals surface area contributed by atoms with E-state index >= 15 is 0 Å². The summed E-state index contributed by atoms with van der Waals surface area (Å²) in [4.78, 5) is 14.6. The summed E-state index contributed by atoms with van der Waals surface area (Å²) in [5.74, 6) is 0. The fourth-order valence-corrected chi connectivity index (χ4v) is 3.37. The van der Waals surface area contributed by atoms with Crippen molar-refractivity contribution < 1.29 is 13.2 Å². The highest BCUT2D eigenvalue weighted by molar-refractivity contribution is 7.90. The molecule has 0 N–H and O–H groups in total. The molecule has 0 spiro atoms. The number of halogens is 1. The Balaban J connectivity index is 2.69. The van der Waals surface area contributed by atoms with E-state index in [0.717, 1.165) is 12.7 Å². The van der Waals surface area contributed by atoms with Crippen LogP contribution in [0.15, 0.2) is 28.1 Å². The Morgan fingerprint density at radius 1 is 1.39 bits per heavy atom.